The Morgan fingerprint density at radius 1 is 1.43 bits per heavy atom. The standard InChI is InChI=1S/C16H27N3O4/c1-10(2)16-18-17-13(23-16)8-9-14(20)19(3)11-6-5-7-12(22-4)15(11)21/h10-12,15,21H,5-9H2,1-4H3/t11-,12-,15-/m1/s1. The highest BCUT2D eigenvalue weighted by Gasteiger charge is 2.35. The Morgan fingerprint density at radius 2 is 2.17 bits per heavy atom. The van der Waals surface area contributed by atoms with Crippen LogP contribution in [0.2, 0.25) is 0 Å². The van der Waals surface area contributed by atoms with Crippen LogP contribution in [-0.2, 0) is 16.0 Å². The minimum absolute atomic E-state index is 0.0323. The Balaban J connectivity index is 1.89. The van der Waals surface area contributed by atoms with Crippen molar-refractivity contribution in [1.82, 2.24) is 15.1 Å². The van der Waals surface area contributed by atoms with Gasteiger partial charge in [-0.15, -0.1) is 10.2 Å². The van der Waals surface area contributed by atoms with E-state index in [1.54, 1.807) is 19.1 Å². The number of hydrogen-bond acceptors (Lipinski definition) is 6. The van der Waals surface area contributed by atoms with Gasteiger partial charge in [0.05, 0.1) is 12.1 Å². The van der Waals surface area contributed by atoms with E-state index in [2.05, 4.69) is 10.2 Å². The lowest BCUT2D eigenvalue weighted by atomic mass is 9.89. The van der Waals surface area contributed by atoms with Gasteiger partial charge in [0, 0.05) is 32.9 Å². The smallest absolute Gasteiger partial charge is 0.223 e. The maximum Gasteiger partial charge on any atom is 0.223 e. The number of nitrogens with zero attached hydrogens (tertiary/aromatic N) is 3. The summed E-state index contributed by atoms with van der Waals surface area (Å²) in [6, 6.07) is -0.199. The molecule has 0 saturated heterocycles. The Kier molecular flexibility index (Phi) is 6.12. The normalized spacial score (nSPS) is 24.9. The molecule has 1 aliphatic carbocycles. The van der Waals surface area contributed by atoms with Crippen molar-refractivity contribution in [3.63, 3.8) is 0 Å². The molecule has 1 saturated carbocycles. The molecule has 0 unspecified atom stereocenters. The molecule has 1 amide bonds. The Labute approximate surface area is 137 Å². The summed E-state index contributed by atoms with van der Waals surface area (Å²) in [7, 11) is 3.33. The number of methoxy groups -OCH3 is 1. The second-order valence-corrected chi connectivity index (χ2v) is 6.46. The maximum absolute atomic E-state index is 12.4. The topological polar surface area (TPSA) is 88.7 Å². The van der Waals surface area contributed by atoms with Crippen molar-refractivity contribution >= 4 is 5.91 Å². The largest absolute Gasteiger partial charge is 0.425 e. The number of aryl methyl sites for hydroxylation is 1. The van der Waals surface area contributed by atoms with Crippen LogP contribution in [0.25, 0.3) is 0 Å². The molecule has 1 heterocycles. The van der Waals surface area contributed by atoms with Crippen molar-refractivity contribution in [3.05, 3.63) is 11.8 Å². The molecule has 1 aliphatic rings. The number of carbonyl (C=O) groups is 1. The second kappa shape index (κ2) is 7.88. The second-order valence-electron chi connectivity index (χ2n) is 6.46. The van der Waals surface area contributed by atoms with E-state index in [0.29, 0.717) is 18.2 Å². The van der Waals surface area contributed by atoms with Crippen LogP contribution in [0.4, 0.5) is 0 Å². The molecule has 0 aliphatic heterocycles. The van der Waals surface area contributed by atoms with Gasteiger partial charge in [0.1, 0.15) is 6.10 Å². The predicted octanol–water partition coefficient (Wildman–Crippen LogP) is 1.51. The number of aliphatic hydroxyl groups excluding tert-OH is 1. The Bertz CT molecular complexity index is 517. The Hall–Kier alpha value is -1.47. The van der Waals surface area contributed by atoms with Crippen molar-refractivity contribution in [2.24, 2.45) is 0 Å². The first-order valence-electron chi connectivity index (χ1n) is 8.22. The van der Waals surface area contributed by atoms with Crippen LogP contribution in [-0.4, -0.2) is 58.5 Å². The van der Waals surface area contributed by atoms with Gasteiger partial charge < -0.3 is 19.2 Å². The van der Waals surface area contributed by atoms with Crippen LogP contribution >= 0.6 is 0 Å². The maximum atomic E-state index is 12.4. The van der Waals surface area contributed by atoms with Crippen LogP contribution < -0.4 is 0 Å². The van der Waals surface area contributed by atoms with E-state index in [9.17, 15) is 9.90 Å². The third-order valence-corrected chi connectivity index (χ3v) is 4.49. The molecule has 7 heteroatoms. The van der Waals surface area contributed by atoms with Crippen LogP contribution in [0.3, 0.4) is 0 Å². The number of ether oxygens (including phenoxy) is 1. The van der Waals surface area contributed by atoms with Gasteiger partial charge in [0.15, 0.2) is 0 Å². The molecule has 1 fully saturated rings. The quantitative estimate of drug-likeness (QED) is 0.853. The summed E-state index contributed by atoms with van der Waals surface area (Å²) in [5.41, 5.74) is 0. The van der Waals surface area contributed by atoms with Gasteiger partial charge in [-0.3, -0.25) is 4.79 Å². The zero-order valence-electron chi connectivity index (χ0n) is 14.4. The highest BCUT2D eigenvalue weighted by atomic mass is 16.5. The number of carbonyl (C=O) groups excluding carboxylic acids is 1. The van der Waals surface area contributed by atoms with Crippen molar-refractivity contribution in [2.75, 3.05) is 14.2 Å². The Morgan fingerprint density at radius 3 is 2.78 bits per heavy atom. The number of aromatic nitrogens is 2. The summed E-state index contributed by atoms with van der Waals surface area (Å²) in [5, 5.41) is 18.3. The molecular formula is C16H27N3O4. The van der Waals surface area contributed by atoms with E-state index in [0.717, 1.165) is 19.3 Å². The first-order chi connectivity index (χ1) is 10.9. The number of rotatable bonds is 6. The van der Waals surface area contributed by atoms with Crippen LogP contribution in [0, 0.1) is 0 Å². The molecule has 0 spiro atoms. The molecule has 23 heavy (non-hydrogen) atoms. The molecule has 3 atom stereocenters. The van der Waals surface area contributed by atoms with Crippen molar-refractivity contribution in [3.8, 4) is 0 Å². The van der Waals surface area contributed by atoms with Gasteiger partial charge >= 0.3 is 0 Å². The van der Waals surface area contributed by atoms with Crippen molar-refractivity contribution < 1.29 is 19.1 Å². The first-order valence-corrected chi connectivity index (χ1v) is 8.22. The van der Waals surface area contributed by atoms with E-state index in [4.69, 9.17) is 9.15 Å². The van der Waals surface area contributed by atoms with Gasteiger partial charge in [0.25, 0.3) is 0 Å². The van der Waals surface area contributed by atoms with Crippen molar-refractivity contribution in [1.29, 1.82) is 0 Å². The average molecular weight is 325 g/mol. The van der Waals surface area contributed by atoms with E-state index < -0.39 is 6.10 Å². The molecule has 0 bridgehead atoms. The lowest BCUT2D eigenvalue weighted by Crippen LogP contribution is -2.52. The fourth-order valence-corrected chi connectivity index (χ4v) is 2.97. The first kappa shape index (κ1) is 17.9. The number of amides is 1. The SMILES string of the molecule is CO[C@@H]1CCC[C@@H](N(C)C(=O)CCc2nnc(C(C)C)o2)[C@H]1O. The van der Waals surface area contributed by atoms with Gasteiger partial charge in [0.2, 0.25) is 17.7 Å². The summed E-state index contributed by atoms with van der Waals surface area (Å²) >= 11 is 0. The van der Waals surface area contributed by atoms with E-state index >= 15 is 0 Å². The summed E-state index contributed by atoms with van der Waals surface area (Å²) < 4.78 is 10.8. The number of likely N-dealkylation sites (N-methyl/N-ethyl adjacent to an activating group) is 1. The van der Waals surface area contributed by atoms with Gasteiger partial charge in [-0.2, -0.15) is 0 Å². The summed E-state index contributed by atoms with van der Waals surface area (Å²) in [6.45, 7) is 3.96. The third kappa shape index (κ3) is 4.29. The fraction of sp³-hybridized carbons (Fsp3) is 0.812. The van der Waals surface area contributed by atoms with Crippen molar-refractivity contribution in [2.45, 2.75) is 70.1 Å². The average Bonchev–Trinajstić information content (AvgIpc) is 3.01. The van der Waals surface area contributed by atoms with Gasteiger partial charge in [-0.05, 0) is 19.3 Å². The predicted molar refractivity (Wildman–Crippen MR) is 83.9 cm³/mol. The molecule has 1 N–H and O–H groups in total. The zero-order valence-corrected chi connectivity index (χ0v) is 14.4. The minimum atomic E-state index is -0.640. The van der Waals surface area contributed by atoms with Gasteiger partial charge in [-0.1, -0.05) is 13.8 Å². The molecule has 7 nitrogen and oxygen atoms in total. The highest BCUT2D eigenvalue weighted by molar-refractivity contribution is 5.76. The molecule has 1 aromatic heterocycles. The lowest BCUT2D eigenvalue weighted by Gasteiger charge is -2.39. The van der Waals surface area contributed by atoms with Crippen LogP contribution in [0.15, 0.2) is 4.42 Å². The van der Waals surface area contributed by atoms with E-state index in [-0.39, 0.29) is 30.4 Å². The molecule has 2 rings (SSSR count). The molecule has 130 valence electrons. The van der Waals surface area contributed by atoms with E-state index in [1.807, 2.05) is 13.8 Å². The lowest BCUT2D eigenvalue weighted by molar-refractivity contribution is -0.140. The van der Waals surface area contributed by atoms with Gasteiger partial charge in [-0.25, -0.2) is 0 Å². The minimum Gasteiger partial charge on any atom is -0.425 e. The monoisotopic (exact) mass is 325 g/mol. The summed E-state index contributed by atoms with van der Waals surface area (Å²) in [4.78, 5) is 14.0. The molecule has 1 aromatic rings. The molecular weight excluding hydrogens is 298 g/mol. The molecule has 0 aromatic carbocycles. The number of aliphatic hydroxyl groups is 1. The summed E-state index contributed by atoms with van der Waals surface area (Å²) in [6.07, 6.45) is 2.43. The number of hydrogen-bond donors (Lipinski definition) is 1. The zero-order chi connectivity index (χ0) is 17.0. The van der Waals surface area contributed by atoms with E-state index in [1.165, 1.54) is 0 Å². The summed E-state index contributed by atoms with van der Waals surface area (Å²) in [5.74, 6) is 1.22. The molecule has 0 radical (unpaired) electrons. The highest BCUT2D eigenvalue weighted by Crippen LogP contribution is 2.25. The third-order valence-electron chi connectivity index (χ3n) is 4.49. The van der Waals surface area contributed by atoms with Crippen LogP contribution in [0.5, 0.6) is 0 Å². The van der Waals surface area contributed by atoms with Crippen LogP contribution in [0.1, 0.15) is 57.2 Å². The fourth-order valence-electron chi connectivity index (χ4n) is 2.97.